The topological polar surface area (TPSA) is 50.3 Å². The van der Waals surface area contributed by atoms with E-state index in [1.54, 1.807) is 12.3 Å². The number of rotatable bonds is 1. The summed E-state index contributed by atoms with van der Waals surface area (Å²) in [7, 11) is 0. The van der Waals surface area contributed by atoms with Gasteiger partial charge in [0.05, 0.1) is 11.2 Å². The molecule has 96 valence electrons. The van der Waals surface area contributed by atoms with Crippen LogP contribution < -0.4 is 4.90 Å². The number of aromatic nitrogens is 1. The van der Waals surface area contributed by atoms with E-state index >= 15 is 0 Å². The third-order valence-electron chi connectivity index (χ3n) is 3.18. The molecule has 0 spiro atoms. The van der Waals surface area contributed by atoms with Crippen LogP contribution in [0.15, 0.2) is 34.9 Å². The first-order chi connectivity index (χ1) is 9.16. The first-order valence-electron chi connectivity index (χ1n) is 6.07. The molecule has 2 heterocycles. The number of hydrogen-bond donors (Lipinski definition) is 0. The quantitative estimate of drug-likeness (QED) is 0.759. The Balaban J connectivity index is 2.19. The Kier molecular flexibility index (Phi) is 3.06. The van der Waals surface area contributed by atoms with E-state index in [0.717, 1.165) is 9.86 Å². The van der Waals surface area contributed by atoms with Gasteiger partial charge in [-0.05, 0) is 34.5 Å². The van der Waals surface area contributed by atoms with Gasteiger partial charge in [-0.25, -0.2) is 4.90 Å². The van der Waals surface area contributed by atoms with Crippen LogP contribution in [0, 0.1) is 0 Å². The first-order valence-corrected chi connectivity index (χ1v) is 6.86. The number of imide groups is 1. The van der Waals surface area contributed by atoms with Gasteiger partial charge < -0.3 is 0 Å². The number of amides is 2. The van der Waals surface area contributed by atoms with Crippen LogP contribution in [0.1, 0.15) is 19.3 Å². The number of nitrogens with zero attached hydrogens (tertiary/aromatic N) is 2. The van der Waals surface area contributed by atoms with Crippen molar-refractivity contribution in [1.82, 2.24) is 4.98 Å². The van der Waals surface area contributed by atoms with Gasteiger partial charge in [-0.15, -0.1) is 0 Å². The van der Waals surface area contributed by atoms with E-state index in [1.165, 1.54) is 4.90 Å². The van der Waals surface area contributed by atoms with Gasteiger partial charge in [0.1, 0.15) is 0 Å². The molecule has 0 saturated carbocycles. The van der Waals surface area contributed by atoms with Gasteiger partial charge >= 0.3 is 0 Å². The van der Waals surface area contributed by atoms with Crippen LogP contribution >= 0.6 is 15.9 Å². The highest BCUT2D eigenvalue weighted by Crippen LogP contribution is 2.29. The lowest BCUT2D eigenvalue weighted by atomic mass is 10.1. The van der Waals surface area contributed by atoms with E-state index in [-0.39, 0.29) is 11.8 Å². The monoisotopic (exact) mass is 318 g/mol. The van der Waals surface area contributed by atoms with Gasteiger partial charge in [0.15, 0.2) is 0 Å². The molecule has 1 aliphatic rings. The van der Waals surface area contributed by atoms with Crippen molar-refractivity contribution < 1.29 is 9.59 Å². The van der Waals surface area contributed by atoms with Crippen LogP contribution in [0.25, 0.3) is 10.9 Å². The molecule has 0 radical (unpaired) electrons. The van der Waals surface area contributed by atoms with E-state index in [0.29, 0.717) is 30.5 Å². The molecule has 0 atom stereocenters. The minimum Gasteiger partial charge on any atom is -0.274 e. The highest BCUT2D eigenvalue weighted by atomic mass is 79.9. The fraction of sp³-hybridized carbons (Fsp3) is 0.214. The number of carbonyl (C=O) groups excluding carboxylic acids is 2. The molecular weight excluding hydrogens is 308 g/mol. The van der Waals surface area contributed by atoms with Gasteiger partial charge in [0.2, 0.25) is 11.8 Å². The molecular formula is C14H11BrN2O2. The number of pyridine rings is 1. The van der Waals surface area contributed by atoms with E-state index in [1.807, 2.05) is 18.2 Å². The summed E-state index contributed by atoms with van der Waals surface area (Å²) in [5, 5.41) is 0.901. The third-order valence-corrected chi connectivity index (χ3v) is 3.61. The summed E-state index contributed by atoms with van der Waals surface area (Å²) in [5.74, 6) is -0.290. The van der Waals surface area contributed by atoms with Gasteiger partial charge in [-0.2, -0.15) is 0 Å². The third kappa shape index (κ3) is 2.14. The molecule has 0 unspecified atom stereocenters. The minimum atomic E-state index is -0.145. The van der Waals surface area contributed by atoms with Crippen LogP contribution in [0.3, 0.4) is 0 Å². The summed E-state index contributed by atoms with van der Waals surface area (Å²) >= 11 is 3.37. The predicted molar refractivity (Wildman–Crippen MR) is 75.8 cm³/mol. The highest BCUT2D eigenvalue weighted by molar-refractivity contribution is 9.10. The van der Waals surface area contributed by atoms with Crippen molar-refractivity contribution in [3.63, 3.8) is 0 Å². The van der Waals surface area contributed by atoms with Crippen molar-refractivity contribution in [3.8, 4) is 0 Å². The zero-order valence-electron chi connectivity index (χ0n) is 10.1. The molecule has 1 saturated heterocycles. The number of carbonyl (C=O) groups is 2. The van der Waals surface area contributed by atoms with Crippen LogP contribution in [-0.4, -0.2) is 16.8 Å². The van der Waals surface area contributed by atoms with Crippen LogP contribution in [0.4, 0.5) is 5.69 Å². The predicted octanol–water partition coefficient (Wildman–Crippen LogP) is 3.04. The smallest absolute Gasteiger partial charge is 0.233 e. The Labute approximate surface area is 118 Å². The SMILES string of the molecule is O=C1CCCC(=O)N1c1cccc2cc(Br)cnc12. The zero-order valence-corrected chi connectivity index (χ0v) is 11.7. The van der Waals surface area contributed by atoms with E-state index in [4.69, 9.17) is 0 Å². The normalized spacial score (nSPS) is 16.2. The van der Waals surface area contributed by atoms with Crippen molar-refractivity contribution in [2.75, 3.05) is 4.90 Å². The second kappa shape index (κ2) is 4.74. The fourth-order valence-electron chi connectivity index (χ4n) is 2.32. The Bertz CT molecular complexity index is 668. The molecule has 0 N–H and O–H groups in total. The maximum absolute atomic E-state index is 12.0. The summed E-state index contributed by atoms with van der Waals surface area (Å²) in [6.07, 6.45) is 3.14. The number of anilines is 1. The first kappa shape index (κ1) is 12.3. The second-order valence-electron chi connectivity index (χ2n) is 4.48. The van der Waals surface area contributed by atoms with Crippen LogP contribution in [0.5, 0.6) is 0 Å². The molecule has 19 heavy (non-hydrogen) atoms. The van der Waals surface area contributed by atoms with Gasteiger partial charge in [0.25, 0.3) is 0 Å². The Morgan fingerprint density at radius 2 is 1.89 bits per heavy atom. The van der Waals surface area contributed by atoms with Crippen LogP contribution in [0.2, 0.25) is 0 Å². The number of benzene rings is 1. The van der Waals surface area contributed by atoms with Crippen LogP contribution in [-0.2, 0) is 9.59 Å². The molecule has 0 bridgehead atoms. The lowest BCUT2D eigenvalue weighted by Gasteiger charge is -2.25. The standard InChI is InChI=1S/C14H11BrN2O2/c15-10-7-9-3-1-4-11(14(9)16-8-10)17-12(18)5-2-6-13(17)19/h1,3-4,7-8H,2,5-6H2. The summed E-state index contributed by atoms with van der Waals surface area (Å²) in [4.78, 5) is 29.6. The van der Waals surface area contributed by atoms with Gasteiger partial charge in [-0.3, -0.25) is 14.6 Å². The van der Waals surface area contributed by atoms with Crippen molar-refractivity contribution in [2.24, 2.45) is 0 Å². The number of para-hydroxylation sites is 1. The lowest BCUT2D eigenvalue weighted by Crippen LogP contribution is -2.40. The van der Waals surface area contributed by atoms with E-state index in [2.05, 4.69) is 20.9 Å². The van der Waals surface area contributed by atoms with E-state index in [9.17, 15) is 9.59 Å². The summed E-state index contributed by atoms with van der Waals surface area (Å²) in [6.45, 7) is 0. The average Bonchev–Trinajstić information content (AvgIpc) is 2.38. The molecule has 1 fully saturated rings. The van der Waals surface area contributed by atoms with Gasteiger partial charge in [0, 0.05) is 28.9 Å². The van der Waals surface area contributed by atoms with Crippen molar-refractivity contribution >= 4 is 44.3 Å². The summed E-state index contributed by atoms with van der Waals surface area (Å²) in [5.41, 5.74) is 1.26. The highest BCUT2D eigenvalue weighted by Gasteiger charge is 2.28. The Hall–Kier alpha value is -1.75. The number of hydrogen-bond acceptors (Lipinski definition) is 3. The molecule has 1 aliphatic heterocycles. The lowest BCUT2D eigenvalue weighted by molar-refractivity contribution is -0.128. The van der Waals surface area contributed by atoms with Gasteiger partial charge in [-0.1, -0.05) is 12.1 Å². The zero-order chi connectivity index (χ0) is 13.4. The number of fused-ring (bicyclic) bond motifs is 1. The minimum absolute atomic E-state index is 0.145. The fourth-order valence-corrected chi connectivity index (χ4v) is 2.67. The molecule has 1 aromatic carbocycles. The van der Waals surface area contributed by atoms with Crippen molar-refractivity contribution in [2.45, 2.75) is 19.3 Å². The van der Waals surface area contributed by atoms with E-state index < -0.39 is 0 Å². The van der Waals surface area contributed by atoms with Crippen molar-refractivity contribution in [3.05, 3.63) is 34.9 Å². The second-order valence-corrected chi connectivity index (χ2v) is 5.39. The maximum Gasteiger partial charge on any atom is 0.233 e. The Morgan fingerprint density at radius 1 is 1.16 bits per heavy atom. The summed E-state index contributed by atoms with van der Waals surface area (Å²) < 4.78 is 0.869. The largest absolute Gasteiger partial charge is 0.274 e. The number of halogens is 1. The molecule has 0 aliphatic carbocycles. The molecule has 2 amide bonds. The maximum atomic E-state index is 12.0. The number of piperidine rings is 1. The molecule has 1 aromatic heterocycles. The summed E-state index contributed by atoms with van der Waals surface area (Å²) in [6, 6.07) is 7.44. The molecule has 3 rings (SSSR count). The Morgan fingerprint density at radius 3 is 2.63 bits per heavy atom. The van der Waals surface area contributed by atoms with Crippen molar-refractivity contribution in [1.29, 1.82) is 0 Å². The molecule has 2 aromatic rings. The average molecular weight is 319 g/mol. The molecule has 4 nitrogen and oxygen atoms in total. The molecule has 5 heteroatoms.